The van der Waals surface area contributed by atoms with E-state index in [-0.39, 0.29) is 22.7 Å². The number of aliphatic carboxylic acids is 1. The van der Waals surface area contributed by atoms with Gasteiger partial charge in [0.25, 0.3) is 0 Å². The summed E-state index contributed by atoms with van der Waals surface area (Å²) in [6, 6.07) is 10.4. The zero-order valence-corrected chi connectivity index (χ0v) is 17.6. The lowest BCUT2D eigenvalue weighted by molar-refractivity contribution is -0.207. The normalized spacial score (nSPS) is 21.9. The van der Waals surface area contributed by atoms with Crippen LogP contribution in [0.2, 0.25) is 5.02 Å². The van der Waals surface area contributed by atoms with Gasteiger partial charge in [0, 0.05) is 23.6 Å². The lowest BCUT2D eigenvalue weighted by atomic mass is 9.97. The van der Waals surface area contributed by atoms with Gasteiger partial charge >= 0.3 is 11.9 Å². The smallest absolute Gasteiger partial charge is 0.396 e. The van der Waals surface area contributed by atoms with Gasteiger partial charge in [-0.25, -0.2) is 13.2 Å². The summed E-state index contributed by atoms with van der Waals surface area (Å²) in [4.78, 5) is 11.9. The predicted octanol–water partition coefficient (Wildman–Crippen LogP) is 3.11. The van der Waals surface area contributed by atoms with Crippen LogP contribution in [0.1, 0.15) is 30.7 Å². The molecule has 3 atom stereocenters. The number of nitrogens with one attached hydrogen (secondary N) is 1. The number of hydrogen-bond acceptors (Lipinski definition) is 6. The second kappa shape index (κ2) is 7.73. The van der Waals surface area contributed by atoms with Gasteiger partial charge < -0.3 is 19.3 Å². The van der Waals surface area contributed by atoms with Gasteiger partial charge in [-0.15, -0.1) is 4.72 Å². The van der Waals surface area contributed by atoms with Crippen LogP contribution in [0.25, 0.3) is 0 Å². The second-order valence-electron chi connectivity index (χ2n) is 7.16. The van der Waals surface area contributed by atoms with Gasteiger partial charge in [0.1, 0.15) is 6.10 Å². The zero-order valence-electron chi connectivity index (χ0n) is 16.0. The summed E-state index contributed by atoms with van der Waals surface area (Å²) in [7, 11) is -3.28. The number of hydrogen-bond donors (Lipinski definition) is 2. The van der Waals surface area contributed by atoms with Crippen LogP contribution in [0.5, 0.6) is 11.5 Å². The lowest BCUT2D eigenvalue weighted by Gasteiger charge is -2.29. The SMILES string of the molecule is COC(NS(=O)(=O)c1ccc(Cl)cc1)(Oc1cccc2c1OC1CCCC21)C(=O)O. The van der Waals surface area contributed by atoms with E-state index in [0.717, 1.165) is 31.9 Å². The van der Waals surface area contributed by atoms with Gasteiger partial charge in [-0.3, -0.25) is 0 Å². The minimum Gasteiger partial charge on any atom is -0.486 e. The van der Waals surface area contributed by atoms with Crippen molar-refractivity contribution in [2.75, 3.05) is 7.11 Å². The third-order valence-corrected chi connectivity index (χ3v) is 7.03. The Morgan fingerprint density at radius 3 is 2.63 bits per heavy atom. The largest absolute Gasteiger partial charge is 0.486 e. The highest BCUT2D eigenvalue weighted by Gasteiger charge is 2.48. The van der Waals surface area contributed by atoms with Crippen molar-refractivity contribution in [3.05, 3.63) is 53.1 Å². The summed E-state index contributed by atoms with van der Waals surface area (Å²) < 4.78 is 44.3. The van der Waals surface area contributed by atoms with Crippen molar-refractivity contribution in [1.82, 2.24) is 4.72 Å². The van der Waals surface area contributed by atoms with Gasteiger partial charge in [-0.1, -0.05) is 23.7 Å². The Balaban J connectivity index is 1.68. The maximum Gasteiger partial charge on any atom is 0.396 e. The van der Waals surface area contributed by atoms with Crippen molar-refractivity contribution in [2.24, 2.45) is 0 Å². The molecule has 0 saturated heterocycles. The van der Waals surface area contributed by atoms with E-state index in [0.29, 0.717) is 10.8 Å². The Morgan fingerprint density at radius 1 is 1.23 bits per heavy atom. The fraction of sp³-hybridized carbons (Fsp3) is 0.350. The van der Waals surface area contributed by atoms with Gasteiger partial charge in [0.05, 0.1) is 4.90 Å². The fourth-order valence-electron chi connectivity index (χ4n) is 3.89. The number of carboxylic acid groups (broad SMARTS) is 1. The first kappa shape index (κ1) is 20.9. The molecule has 8 nitrogen and oxygen atoms in total. The Bertz CT molecular complexity index is 1070. The first-order valence-electron chi connectivity index (χ1n) is 9.32. The number of halogens is 1. The molecule has 0 amide bonds. The molecule has 0 aromatic heterocycles. The topological polar surface area (TPSA) is 111 Å². The number of benzene rings is 2. The molecule has 1 aliphatic heterocycles. The number of para-hydroxylation sites is 1. The highest BCUT2D eigenvalue weighted by atomic mass is 35.5. The summed E-state index contributed by atoms with van der Waals surface area (Å²) in [6.45, 7) is 0. The zero-order chi connectivity index (χ0) is 21.5. The van der Waals surface area contributed by atoms with Crippen LogP contribution in [0.3, 0.4) is 0 Å². The molecule has 2 aromatic carbocycles. The Labute approximate surface area is 178 Å². The van der Waals surface area contributed by atoms with E-state index in [1.165, 1.54) is 30.3 Å². The molecule has 160 valence electrons. The minimum absolute atomic E-state index is 0.0114. The molecule has 1 fully saturated rings. The van der Waals surface area contributed by atoms with Crippen molar-refractivity contribution in [1.29, 1.82) is 0 Å². The van der Waals surface area contributed by atoms with Crippen LogP contribution < -0.4 is 14.2 Å². The lowest BCUT2D eigenvalue weighted by Crippen LogP contribution is -2.60. The van der Waals surface area contributed by atoms with Crippen LogP contribution in [0.15, 0.2) is 47.4 Å². The first-order chi connectivity index (χ1) is 14.3. The number of sulfonamides is 1. The summed E-state index contributed by atoms with van der Waals surface area (Å²) in [5.74, 6) is -3.64. The Kier molecular flexibility index (Phi) is 5.39. The molecule has 0 spiro atoms. The third kappa shape index (κ3) is 3.62. The van der Waals surface area contributed by atoms with E-state index in [1.54, 1.807) is 6.07 Å². The van der Waals surface area contributed by atoms with Crippen LogP contribution in [-0.2, 0) is 19.6 Å². The molecular weight excluding hydrogens is 434 g/mol. The highest BCUT2D eigenvalue weighted by Crippen LogP contribution is 2.51. The van der Waals surface area contributed by atoms with Gasteiger partial charge in [-0.05, 0) is 49.6 Å². The minimum atomic E-state index is -4.32. The molecular formula is C20H20ClNO7S. The molecule has 1 aliphatic carbocycles. The van der Waals surface area contributed by atoms with E-state index < -0.39 is 21.9 Å². The van der Waals surface area contributed by atoms with Crippen molar-refractivity contribution in [3.63, 3.8) is 0 Å². The average molecular weight is 454 g/mol. The van der Waals surface area contributed by atoms with Crippen molar-refractivity contribution in [2.45, 2.75) is 42.1 Å². The second-order valence-corrected chi connectivity index (χ2v) is 9.27. The number of methoxy groups -OCH3 is 1. The molecule has 0 radical (unpaired) electrons. The van der Waals surface area contributed by atoms with Crippen LogP contribution >= 0.6 is 11.6 Å². The maximum absolute atomic E-state index is 12.8. The highest BCUT2D eigenvalue weighted by molar-refractivity contribution is 7.89. The molecule has 30 heavy (non-hydrogen) atoms. The summed E-state index contributed by atoms with van der Waals surface area (Å²) in [6.07, 6.45) is 2.93. The standard InChI is InChI=1S/C20H20ClNO7S/c1-27-20(19(23)24,22-30(25,26)13-10-8-12(21)9-11-13)29-17-7-3-5-15-14-4-2-6-16(14)28-18(15)17/h3,5,7-11,14,16,22H,2,4,6H2,1H3,(H,23,24). The van der Waals surface area contributed by atoms with E-state index in [4.69, 9.17) is 25.8 Å². The van der Waals surface area contributed by atoms with Gasteiger partial charge in [-0.2, -0.15) is 0 Å². The number of carboxylic acids is 1. The third-order valence-electron chi connectivity index (χ3n) is 5.35. The van der Waals surface area contributed by atoms with Crippen LogP contribution in [-0.4, -0.2) is 38.6 Å². The summed E-state index contributed by atoms with van der Waals surface area (Å²) >= 11 is 5.80. The molecule has 3 unspecified atom stereocenters. The first-order valence-corrected chi connectivity index (χ1v) is 11.2. The maximum atomic E-state index is 12.8. The number of ether oxygens (including phenoxy) is 3. The molecule has 2 N–H and O–H groups in total. The average Bonchev–Trinajstić information content (AvgIpc) is 3.29. The number of rotatable bonds is 7. The molecule has 4 rings (SSSR count). The van der Waals surface area contributed by atoms with E-state index in [9.17, 15) is 18.3 Å². The predicted molar refractivity (Wildman–Crippen MR) is 107 cm³/mol. The number of fused-ring (bicyclic) bond motifs is 3. The molecule has 2 aromatic rings. The van der Waals surface area contributed by atoms with Crippen LogP contribution in [0.4, 0.5) is 0 Å². The van der Waals surface area contributed by atoms with E-state index >= 15 is 0 Å². The fourth-order valence-corrected chi connectivity index (χ4v) is 5.19. The molecule has 1 heterocycles. The van der Waals surface area contributed by atoms with Crippen molar-refractivity contribution >= 4 is 27.6 Å². The molecule has 1 saturated carbocycles. The van der Waals surface area contributed by atoms with Crippen LogP contribution in [0, 0.1) is 0 Å². The Morgan fingerprint density at radius 2 is 1.97 bits per heavy atom. The monoisotopic (exact) mass is 453 g/mol. The quantitative estimate of drug-likeness (QED) is 0.619. The van der Waals surface area contributed by atoms with Gasteiger partial charge in [0.2, 0.25) is 10.0 Å². The number of carbonyl (C=O) groups is 1. The molecule has 10 heteroatoms. The summed E-state index contributed by atoms with van der Waals surface area (Å²) in [5.41, 5.74) is 0.922. The van der Waals surface area contributed by atoms with Crippen molar-refractivity contribution in [3.8, 4) is 11.5 Å². The molecule has 2 aliphatic rings. The Hall–Kier alpha value is -2.33. The molecule has 0 bridgehead atoms. The van der Waals surface area contributed by atoms with E-state index in [1.807, 2.05) is 10.8 Å². The van der Waals surface area contributed by atoms with Gasteiger partial charge in [0.15, 0.2) is 11.5 Å². The van der Waals surface area contributed by atoms with Crippen molar-refractivity contribution < 1.29 is 32.5 Å². The van der Waals surface area contributed by atoms with E-state index in [2.05, 4.69) is 0 Å². The summed E-state index contributed by atoms with van der Waals surface area (Å²) in [5, 5.41) is 10.1.